The second-order valence-electron chi connectivity index (χ2n) is 3.59. The first-order chi connectivity index (χ1) is 8.00. The largest absolute Gasteiger partial charge is 0.481 e. The van der Waals surface area contributed by atoms with E-state index in [4.69, 9.17) is 5.11 Å². The normalized spacial score (nSPS) is 12.1. The Morgan fingerprint density at radius 3 is 2.76 bits per heavy atom. The summed E-state index contributed by atoms with van der Waals surface area (Å²) in [6.07, 6.45) is 0.570. The second kappa shape index (κ2) is 6.24. The molecule has 0 radical (unpaired) electrons. The summed E-state index contributed by atoms with van der Waals surface area (Å²) in [6, 6.07) is 6.48. The molecule has 0 fully saturated rings. The van der Waals surface area contributed by atoms with Crippen molar-refractivity contribution in [3.8, 4) is 0 Å². The van der Waals surface area contributed by atoms with Gasteiger partial charge >= 0.3 is 5.97 Å². The maximum atomic E-state index is 10.8. The van der Waals surface area contributed by atoms with E-state index in [1.54, 1.807) is 18.2 Å². The molecule has 1 N–H and O–H groups in total. The van der Waals surface area contributed by atoms with Crippen LogP contribution in [0.5, 0.6) is 0 Å². The molecule has 0 aliphatic rings. The summed E-state index contributed by atoms with van der Waals surface area (Å²) < 4.78 is 0. The van der Waals surface area contributed by atoms with Gasteiger partial charge in [-0.1, -0.05) is 19.1 Å². The first kappa shape index (κ1) is 13.5. The van der Waals surface area contributed by atoms with E-state index in [9.17, 15) is 14.9 Å². The summed E-state index contributed by atoms with van der Waals surface area (Å²) in [5, 5.41) is 19.4. The van der Waals surface area contributed by atoms with Crippen LogP contribution in [0.15, 0.2) is 29.2 Å². The summed E-state index contributed by atoms with van der Waals surface area (Å²) in [4.78, 5) is 21.3. The third-order valence-electron chi connectivity index (χ3n) is 2.15. The van der Waals surface area contributed by atoms with E-state index in [0.29, 0.717) is 11.3 Å². The Morgan fingerprint density at radius 2 is 2.18 bits per heavy atom. The van der Waals surface area contributed by atoms with E-state index in [2.05, 4.69) is 0 Å². The molecule has 0 spiro atoms. The molecule has 0 heterocycles. The van der Waals surface area contributed by atoms with Crippen LogP contribution in [-0.2, 0) is 4.79 Å². The Balaban J connectivity index is 2.67. The fraction of sp³-hybridized carbons (Fsp3) is 0.364. The summed E-state index contributed by atoms with van der Waals surface area (Å²) in [5.74, 6) is -0.847. The van der Waals surface area contributed by atoms with E-state index < -0.39 is 10.9 Å². The van der Waals surface area contributed by atoms with Gasteiger partial charge in [-0.3, -0.25) is 14.9 Å². The van der Waals surface area contributed by atoms with Crippen LogP contribution in [0.2, 0.25) is 0 Å². The van der Waals surface area contributed by atoms with Gasteiger partial charge < -0.3 is 5.11 Å². The lowest BCUT2D eigenvalue weighted by molar-refractivity contribution is -0.387. The molecule has 0 amide bonds. The van der Waals surface area contributed by atoms with Crippen LogP contribution < -0.4 is 0 Å². The maximum absolute atomic E-state index is 10.8. The third-order valence-corrected chi connectivity index (χ3v) is 3.39. The summed E-state index contributed by atoms with van der Waals surface area (Å²) in [6.45, 7) is 1.87. The van der Waals surface area contributed by atoms with Crippen LogP contribution in [0, 0.1) is 10.1 Å². The van der Waals surface area contributed by atoms with Gasteiger partial charge in [-0.2, -0.15) is 0 Å². The highest BCUT2D eigenvalue weighted by molar-refractivity contribution is 8.00. The molecule has 0 saturated heterocycles. The topological polar surface area (TPSA) is 80.4 Å². The number of aliphatic carboxylic acids is 1. The zero-order valence-electron chi connectivity index (χ0n) is 9.33. The number of benzene rings is 1. The average molecular weight is 255 g/mol. The number of carboxylic acids is 1. The minimum Gasteiger partial charge on any atom is -0.481 e. The van der Waals surface area contributed by atoms with E-state index in [-0.39, 0.29) is 17.4 Å². The number of nitro groups is 1. The Hall–Kier alpha value is -1.56. The molecule has 0 aromatic heterocycles. The Morgan fingerprint density at radius 1 is 1.53 bits per heavy atom. The van der Waals surface area contributed by atoms with Gasteiger partial charge in [-0.05, 0) is 12.5 Å². The Labute approximate surface area is 103 Å². The van der Waals surface area contributed by atoms with Gasteiger partial charge in [0, 0.05) is 17.7 Å². The van der Waals surface area contributed by atoms with Crippen LogP contribution >= 0.6 is 11.8 Å². The van der Waals surface area contributed by atoms with Crippen LogP contribution in [-0.4, -0.2) is 21.2 Å². The van der Waals surface area contributed by atoms with Gasteiger partial charge in [0.05, 0.1) is 9.82 Å². The van der Waals surface area contributed by atoms with Crippen molar-refractivity contribution in [2.45, 2.75) is 29.9 Å². The highest BCUT2D eigenvalue weighted by Gasteiger charge is 2.16. The summed E-state index contributed by atoms with van der Waals surface area (Å²) >= 11 is 1.34. The smallest absolute Gasteiger partial charge is 0.303 e. The molecule has 17 heavy (non-hydrogen) atoms. The quantitative estimate of drug-likeness (QED) is 0.480. The van der Waals surface area contributed by atoms with Crippen molar-refractivity contribution in [2.24, 2.45) is 0 Å². The SMILES string of the molecule is CC(CCC(=O)O)Sc1ccccc1[N+](=O)[O-]. The molecule has 1 atom stereocenters. The molecule has 0 aliphatic carbocycles. The molecular weight excluding hydrogens is 242 g/mol. The highest BCUT2D eigenvalue weighted by Crippen LogP contribution is 2.33. The van der Waals surface area contributed by atoms with Crippen molar-refractivity contribution < 1.29 is 14.8 Å². The number of hydrogen-bond acceptors (Lipinski definition) is 4. The van der Waals surface area contributed by atoms with Crippen molar-refractivity contribution in [2.75, 3.05) is 0 Å². The number of rotatable bonds is 6. The molecule has 0 bridgehead atoms. The Bertz CT molecular complexity index is 422. The number of hydrogen-bond donors (Lipinski definition) is 1. The lowest BCUT2D eigenvalue weighted by Gasteiger charge is -2.09. The van der Waals surface area contributed by atoms with E-state index in [1.807, 2.05) is 6.92 Å². The van der Waals surface area contributed by atoms with Gasteiger partial charge in [0.25, 0.3) is 5.69 Å². The minimum absolute atomic E-state index is 0.0344. The predicted molar refractivity (Wildman–Crippen MR) is 65.3 cm³/mol. The van der Waals surface area contributed by atoms with Crippen LogP contribution in [0.1, 0.15) is 19.8 Å². The molecule has 6 heteroatoms. The third kappa shape index (κ3) is 4.44. The van der Waals surface area contributed by atoms with Crippen molar-refractivity contribution in [1.29, 1.82) is 0 Å². The zero-order chi connectivity index (χ0) is 12.8. The summed E-state index contributed by atoms with van der Waals surface area (Å²) in [5.41, 5.74) is 0.0691. The number of para-hydroxylation sites is 1. The Kier molecular flexibility index (Phi) is 4.96. The molecule has 0 saturated carbocycles. The fourth-order valence-electron chi connectivity index (χ4n) is 1.31. The van der Waals surface area contributed by atoms with Gasteiger partial charge in [-0.15, -0.1) is 11.8 Å². The first-order valence-corrected chi connectivity index (χ1v) is 6.00. The van der Waals surface area contributed by atoms with Crippen molar-refractivity contribution >= 4 is 23.4 Å². The van der Waals surface area contributed by atoms with Crippen molar-refractivity contribution in [3.63, 3.8) is 0 Å². The van der Waals surface area contributed by atoms with Gasteiger partial charge in [0.2, 0.25) is 0 Å². The van der Waals surface area contributed by atoms with E-state index in [0.717, 1.165) is 0 Å². The van der Waals surface area contributed by atoms with Gasteiger partial charge in [-0.25, -0.2) is 0 Å². The zero-order valence-corrected chi connectivity index (χ0v) is 10.1. The minimum atomic E-state index is -0.847. The van der Waals surface area contributed by atoms with Crippen LogP contribution in [0.4, 0.5) is 5.69 Å². The molecule has 92 valence electrons. The lowest BCUT2D eigenvalue weighted by atomic mass is 10.2. The molecule has 1 aromatic carbocycles. The number of carbonyl (C=O) groups is 1. The number of thioether (sulfide) groups is 1. The number of nitro benzene ring substituents is 1. The molecule has 1 unspecified atom stereocenters. The van der Waals surface area contributed by atoms with Crippen molar-refractivity contribution in [1.82, 2.24) is 0 Å². The predicted octanol–water partition coefficient (Wildman–Crippen LogP) is 2.94. The fourth-order valence-corrected chi connectivity index (χ4v) is 2.40. The second-order valence-corrected chi connectivity index (χ2v) is 5.07. The van der Waals surface area contributed by atoms with Crippen LogP contribution in [0.25, 0.3) is 0 Å². The molecule has 0 aliphatic heterocycles. The van der Waals surface area contributed by atoms with Gasteiger partial charge in [0.15, 0.2) is 0 Å². The average Bonchev–Trinajstić information content (AvgIpc) is 2.27. The molecule has 1 rings (SSSR count). The van der Waals surface area contributed by atoms with E-state index >= 15 is 0 Å². The summed E-state index contributed by atoms with van der Waals surface area (Å²) in [7, 11) is 0. The molecule has 5 nitrogen and oxygen atoms in total. The maximum Gasteiger partial charge on any atom is 0.303 e. The van der Waals surface area contributed by atoms with E-state index in [1.165, 1.54) is 17.8 Å². The standard InChI is InChI=1S/C11H13NO4S/c1-8(6-7-11(13)14)17-10-5-3-2-4-9(10)12(15)16/h2-5,8H,6-7H2,1H3,(H,13,14). The lowest BCUT2D eigenvalue weighted by Crippen LogP contribution is -2.02. The van der Waals surface area contributed by atoms with Crippen LogP contribution in [0.3, 0.4) is 0 Å². The molecule has 1 aromatic rings. The molecular formula is C11H13NO4S. The number of carboxylic acid groups (broad SMARTS) is 1. The van der Waals surface area contributed by atoms with Gasteiger partial charge in [0.1, 0.15) is 0 Å². The number of nitrogens with zero attached hydrogens (tertiary/aromatic N) is 1. The monoisotopic (exact) mass is 255 g/mol. The first-order valence-electron chi connectivity index (χ1n) is 5.12. The van der Waals surface area contributed by atoms with Crippen molar-refractivity contribution in [3.05, 3.63) is 34.4 Å². The highest BCUT2D eigenvalue weighted by atomic mass is 32.2.